The van der Waals surface area contributed by atoms with Gasteiger partial charge in [0.1, 0.15) is 11.8 Å². The average molecular weight is 321 g/mol. The number of thioether (sulfide) groups is 1. The van der Waals surface area contributed by atoms with E-state index in [1.54, 1.807) is 0 Å². The molecule has 0 unspecified atom stereocenters. The van der Waals surface area contributed by atoms with Crippen LogP contribution in [-0.2, 0) is 6.54 Å². The second-order valence-corrected chi connectivity index (χ2v) is 7.81. The number of aromatic nitrogens is 3. The second kappa shape index (κ2) is 6.44. The van der Waals surface area contributed by atoms with Gasteiger partial charge in [0.25, 0.3) is 0 Å². The molecule has 2 aromatic heterocycles. The minimum Gasteiger partial charge on any atom is -0.391 e. The number of aliphatic hydroxyl groups excluding tert-OH is 1. The van der Waals surface area contributed by atoms with Crippen LogP contribution < -0.4 is 5.73 Å². The molecule has 0 amide bonds. The second-order valence-electron chi connectivity index (χ2n) is 6.20. The van der Waals surface area contributed by atoms with Gasteiger partial charge in [-0.3, -0.25) is 4.90 Å². The zero-order valence-corrected chi connectivity index (χ0v) is 13.8. The highest BCUT2D eigenvalue weighted by Gasteiger charge is 2.31. The van der Waals surface area contributed by atoms with Gasteiger partial charge in [0, 0.05) is 43.1 Å². The molecule has 0 saturated carbocycles. The van der Waals surface area contributed by atoms with Crippen molar-refractivity contribution in [3.8, 4) is 0 Å². The number of nitrogens with one attached hydrogen (secondary N) is 1. The van der Waals surface area contributed by atoms with Crippen LogP contribution in [0.4, 0.5) is 5.82 Å². The zero-order valence-electron chi connectivity index (χ0n) is 13.0. The van der Waals surface area contributed by atoms with E-state index in [0.29, 0.717) is 17.0 Å². The predicted octanol–water partition coefficient (Wildman–Crippen LogP) is 1.47. The summed E-state index contributed by atoms with van der Waals surface area (Å²) in [6.07, 6.45) is 3.20. The summed E-state index contributed by atoms with van der Waals surface area (Å²) in [5, 5.41) is 10.9. The molecule has 0 spiro atoms. The van der Waals surface area contributed by atoms with Crippen LogP contribution in [0.25, 0.3) is 11.0 Å². The van der Waals surface area contributed by atoms with Gasteiger partial charge in [-0.05, 0) is 5.25 Å². The van der Waals surface area contributed by atoms with Crippen LogP contribution >= 0.6 is 11.8 Å². The fourth-order valence-corrected chi connectivity index (χ4v) is 3.88. The largest absolute Gasteiger partial charge is 0.391 e. The molecule has 2 atom stereocenters. The number of fused-ring (bicyclic) bond motifs is 1. The number of likely N-dealkylation sites (tertiary alicyclic amines) is 1. The molecule has 0 aliphatic carbocycles. The number of β-amino-alcohol motifs (C(OH)–C–C–N with tert-alkyl or cyclic N) is 1. The minimum absolute atomic E-state index is 0.240. The average Bonchev–Trinajstić information content (AvgIpc) is 3.02. The summed E-state index contributed by atoms with van der Waals surface area (Å²) < 4.78 is 0. The Hall–Kier alpha value is -1.31. The third-order valence-electron chi connectivity index (χ3n) is 4.09. The van der Waals surface area contributed by atoms with Crippen molar-refractivity contribution in [2.45, 2.75) is 31.7 Å². The number of nitrogen functional groups attached to an aromatic ring is 1. The van der Waals surface area contributed by atoms with Crippen LogP contribution in [0.2, 0.25) is 0 Å². The van der Waals surface area contributed by atoms with Gasteiger partial charge in [0.05, 0.1) is 11.6 Å². The van der Waals surface area contributed by atoms with Crippen LogP contribution in [0.5, 0.6) is 0 Å². The Morgan fingerprint density at radius 2 is 2.27 bits per heavy atom. The van der Waals surface area contributed by atoms with Crippen LogP contribution in [-0.4, -0.2) is 55.2 Å². The molecule has 1 aliphatic heterocycles. The van der Waals surface area contributed by atoms with Gasteiger partial charge < -0.3 is 15.8 Å². The summed E-state index contributed by atoms with van der Waals surface area (Å²) in [6.45, 7) is 6.81. The van der Waals surface area contributed by atoms with Crippen molar-refractivity contribution in [3.05, 3.63) is 18.1 Å². The zero-order chi connectivity index (χ0) is 15.7. The van der Waals surface area contributed by atoms with Gasteiger partial charge in [-0.15, -0.1) is 0 Å². The Bertz CT molecular complexity index is 644. The van der Waals surface area contributed by atoms with E-state index in [9.17, 15) is 5.11 Å². The molecule has 3 heterocycles. The van der Waals surface area contributed by atoms with Gasteiger partial charge in [0.2, 0.25) is 0 Å². The predicted molar refractivity (Wildman–Crippen MR) is 90.7 cm³/mol. The number of nitrogens with zero attached hydrogens (tertiary/aromatic N) is 3. The molecule has 2 aromatic rings. The molecule has 4 N–H and O–H groups in total. The molecule has 0 aromatic carbocycles. The standard InChI is InChI=1S/C15H23N5OS/c1-9(2)22-7-11-5-20(6-12(11)21)4-10-3-17-14-13(10)18-8-19-15(14)16/h3,8-9,11-12,17,21H,4-7H2,1-2H3,(H2,16,18,19)/t11-,12-/m0/s1. The Labute approximate surface area is 134 Å². The van der Waals surface area contributed by atoms with Crippen molar-refractivity contribution in [3.63, 3.8) is 0 Å². The number of H-pyrrole nitrogens is 1. The first-order valence-electron chi connectivity index (χ1n) is 7.63. The lowest BCUT2D eigenvalue weighted by molar-refractivity contribution is 0.149. The van der Waals surface area contributed by atoms with E-state index in [4.69, 9.17) is 5.73 Å². The maximum absolute atomic E-state index is 10.2. The molecule has 22 heavy (non-hydrogen) atoms. The van der Waals surface area contributed by atoms with Crippen molar-refractivity contribution in [2.24, 2.45) is 5.92 Å². The third-order valence-corrected chi connectivity index (χ3v) is 5.38. The summed E-state index contributed by atoms with van der Waals surface area (Å²) in [6, 6.07) is 0. The molecule has 0 radical (unpaired) electrons. The highest BCUT2D eigenvalue weighted by atomic mass is 32.2. The van der Waals surface area contributed by atoms with Gasteiger partial charge in [-0.25, -0.2) is 9.97 Å². The first-order valence-corrected chi connectivity index (χ1v) is 8.68. The molecular formula is C15H23N5OS. The summed E-state index contributed by atoms with van der Waals surface area (Å²) in [5.74, 6) is 1.83. The van der Waals surface area contributed by atoms with Crippen LogP contribution in [0.15, 0.2) is 12.5 Å². The van der Waals surface area contributed by atoms with Gasteiger partial charge in [0.15, 0.2) is 5.82 Å². The Morgan fingerprint density at radius 3 is 3.05 bits per heavy atom. The number of hydrogen-bond acceptors (Lipinski definition) is 6. The number of rotatable bonds is 5. The van der Waals surface area contributed by atoms with Crippen molar-refractivity contribution in [1.82, 2.24) is 19.9 Å². The molecule has 1 aliphatic rings. The molecule has 0 bridgehead atoms. The summed E-state index contributed by atoms with van der Waals surface area (Å²) in [4.78, 5) is 13.8. The summed E-state index contributed by atoms with van der Waals surface area (Å²) >= 11 is 1.92. The van der Waals surface area contributed by atoms with E-state index in [1.165, 1.54) is 6.33 Å². The molecular weight excluding hydrogens is 298 g/mol. The number of nitrogens with two attached hydrogens (primary N) is 1. The van der Waals surface area contributed by atoms with Gasteiger partial charge >= 0.3 is 0 Å². The van der Waals surface area contributed by atoms with Crippen LogP contribution in [0.3, 0.4) is 0 Å². The smallest absolute Gasteiger partial charge is 0.151 e. The molecule has 7 heteroatoms. The third kappa shape index (κ3) is 3.21. The maximum Gasteiger partial charge on any atom is 0.151 e. The fourth-order valence-electron chi connectivity index (χ4n) is 2.92. The molecule has 6 nitrogen and oxygen atoms in total. The first-order chi connectivity index (χ1) is 10.5. The monoisotopic (exact) mass is 321 g/mol. The highest BCUT2D eigenvalue weighted by Crippen LogP contribution is 2.26. The lowest BCUT2D eigenvalue weighted by atomic mass is 10.1. The van der Waals surface area contributed by atoms with E-state index in [0.717, 1.165) is 42.0 Å². The summed E-state index contributed by atoms with van der Waals surface area (Å²) in [5.41, 5.74) is 8.63. The fraction of sp³-hybridized carbons (Fsp3) is 0.600. The molecule has 1 fully saturated rings. The normalized spacial score (nSPS) is 22.9. The van der Waals surface area contributed by atoms with Crippen LogP contribution in [0, 0.1) is 5.92 Å². The quantitative estimate of drug-likeness (QED) is 0.772. The van der Waals surface area contributed by atoms with E-state index in [1.807, 2.05) is 18.0 Å². The number of aliphatic hydroxyl groups is 1. The number of aromatic amines is 1. The number of hydrogen-bond donors (Lipinski definition) is 3. The first kappa shape index (κ1) is 15.6. The topological polar surface area (TPSA) is 91.1 Å². The van der Waals surface area contributed by atoms with E-state index in [2.05, 4.69) is 33.7 Å². The SMILES string of the molecule is CC(C)SC[C@@H]1CN(Cc2c[nH]c3c(N)ncnc23)C[C@@H]1O. The Kier molecular flexibility index (Phi) is 4.56. The lowest BCUT2D eigenvalue weighted by Crippen LogP contribution is -2.21. The van der Waals surface area contributed by atoms with Gasteiger partial charge in [-0.1, -0.05) is 13.8 Å². The maximum atomic E-state index is 10.2. The van der Waals surface area contributed by atoms with Crippen molar-refractivity contribution in [1.29, 1.82) is 0 Å². The van der Waals surface area contributed by atoms with E-state index in [-0.39, 0.29) is 6.10 Å². The summed E-state index contributed by atoms with van der Waals surface area (Å²) in [7, 11) is 0. The number of anilines is 1. The molecule has 1 saturated heterocycles. The van der Waals surface area contributed by atoms with Gasteiger partial charge in [-0.2, -0.15) is 11.8 Å². The Morgan fingerprint density at radius 1 is 1.45 bits per heavy atom. The lowest BCUT2D eigenvalue weighted by Gasteiger charge is -2.15. The Balaban J connectivity index is 1.67. The van der Waals surface area contributed by atoms with Crippen molar-refractivity contribution in [2.75, 3.05) is 24.6 Å². The van der Waals surface area contributed by atoms with E-state index >= 15 is 0 Å². The molecule has 120 valence electrons. The minimum atomic E-state index is -0.240. The van der Waals surface area contributed by atoms with Crippen molar-refractivity contribution >= 4 is 28.6 Å². The van der Waals surface area contributed by atoms with Crippen molar-refractivity contribution < 1.29 is 5.11 Å². The van der Waals surface area contributed by atoms with E-state index < -0.39 is 0 Å². The van der Waals surface area contributed by atoms with Crippen LogP contribution in [0.1, 0.15) is 19.4 Å². The highest BCUT2D eigenvalue weighted by molar-refractivity contribution is 7.99. The molecule has 3 rings (SSSR count).